The van der Waals surface area contributed by atoms with Crippen LogP contribution in [0.1, 0.15) is 20.7 Å². The molecule has 9 nitrogen and oxygen atoms in total. The maximum absolute atomic E-state index is 10.3. The Morgan fingerprint density at radius 2 is 0.962 bits per heavy atom. The van der Waals surface area contributed by atoms with E-state index >= 15 is 0 Å². The molecule has 2 rings (SSSR count). The van der Waals surface area contributed by atoms with Gasteiger partial charge in [-0.15, -0.1) is 11.4 Å². The van der Waals surface area contributed by atoms with Crippen LogP contribution in [0.3, 0.4) is 0 Å². The van der Waals surface area contributed by atoms with Crippen molar-refractivity contribution < 1.29 is 102 Å². The number of carbonyl (C=O) groups is 2. The molecule has 0 bridgehead atoms. The molecule has 2 aromatic carbocycles. The largest absolute Gasteiger partial charge is 1.00 e. The number of aromatic hydroxyl groups is 2. The van der Waals surface area contributed by atoms with Crippen LogP contribution in [-0.2, 0) is 11.4 Å². The van der Waals surface area contributed by atoms with Gasteiger partial charge in [0, 0.05) is 0 Å². The third-order valence-corrected chi connectivity index (χ3v) is 2.27. The molecule has 2 aromatic rings. The monoisotopic (exact) mass is 402 g/mol. The van der Waals surface area contributed by atoms with Crippen LogP contribution in [0.2, 0.25) is 0 Å². The molecular weight excluding hydrogens is 390 g/mol. The van der Waals surface area contributed by atoms with E-state index in [2.05, 4.69) is 0 Å². The number of para-hydroxylation sites is 2. The van der Waals surface area contributed by atoms with Gasteiger partial charge in [0.25, 0.3) is 0 Å². The first-order valence-corrected chi connectivity index (χ1v) is 6.96. The summed E-state index contributed by atoms with van der Waals surface area (Å²) in [5, 5.41) is 34.6. The van der Waals surface area contributed by atoms with Gasteiger partial charge in [-0.1, -0.05) is 24.3 Å². The van der Waals surface area contributed by atoms with Crippen LogP contribution in [0.15, 0.2) is 48.5 Å². The minimum absolute atomic E-state index is 0. The minimum atomic E-state index is -3.11. The zero-order chi connectivity index (χ0) is 18.7. The molecule has 0 heterocycles. The van der Waals surface area contributed by atoms with Crippen LogP contribution in [-0.4, -0.2) is 45.7 Å². The first-order chi connectivity index (χ1) is 11.2. The van der Waals surface area contributed by atoms with Crippen molar-refractivity contribution in [3.8, 4) is 11.5 Å². The fourth-order valence-corrected chi connectivity index (χ4v) is 1.31. The Balaban J connectivity index is -0.000000319. The number of phenols is 2. The number of carboxylic acids is 2. The van der Waals surface area contributed by atoms with Crippen molar-refractivity contribution in [1.82, 2.24) is 0 Å². The Hall–Kier alpha value is -0.950. The summed E-state index contributed by atoms with van der Waals surface area (Å²) in [6.07, 6.45) is 0. The second-order valence-corrected chi connectivity index (χ2v) is 4.26. The third kappa shape index (κ3) is 13.3. The van der Waals surface area contributed by atoms with E-state index in [9.17, 15) is 9.59 Å². The summed E-state index contributed by atoms with van der Waals surface area (Å²) in [6, 6.07) is 11.6. The van der Waals surface area contributed by atoms with Crippen molar-refractivity contribution in [1.29, 1.82) is 0 Å². The van der Waals surface area contributed by atoms with Crippen molar-refractivity contribution in [3.63, 3.8) is 0 Å². The standard InChI is InChI=1S/2C7H6O3.2Na.H2O3S/c2*8-6-4-2-1-3-5(6)7(9)10;;;1-4(2)3/h2*1-4,8H,(H,9,10);;;(H2,1,2,3)/q;;2*+1;/p-2. The van der Waals surface area contributed by atoms with Gasteiger partial charge in [0.2, 0.25) is 0 Å². The minimum Gasteiger partial charge on any atom is -0.784 e. The van der Waals surface area contributed by atoms with Crippen LogP contribution >= 0.6 is 0 Å². The van der Waals surface area contributed by atoms with Gasteiger partial charge in [0.1, 0.15) is 22.6 Å². The van der Waals surface area contributed by atoms with Crippen LogP contribution in [0.4, 0.5) is 0 Å². The smallest absolute Gasteiger partial charge is 0.784 e. The molecule has 0 saturated carbocycles. The SMILES string of the molecule is O=C(O)c1ccccc1O.O=C(O)c1ccccc1O.O=S([O-])[O-].[Na+].[Na+]. The number of carboxylic acid groups (broad SMARTS) is 2. The topological polar surface area (TPSA) is 178 Å². The molecule has 0 aromatic heterocycles. The number of hydrogen-bond acceptors (Lipinski definition) is 7. The molecule has 0 atom stereocenters. The molecule has 0 fully saturated rings. The Labute approximate surface area is 195 Å². The molecule has 0 amide bonds. The fraction of sp³-hybridized carbons (Fsp3) is 0. The molecule has 26 heavy (non-hydrogen) atoms. The third-order valence-electron chi connectivity index (χ3n) is 2.27. The van der Waals surface area contributed by atoms with Gasteiger partial charge in [0.15, 0.2) is 0 Å². The van der Waals surface area contributed by atoms with Crippen LogP contribution in [0.5, 0.6) is 11.5 Å². The van der Waals surface area contributed by atoms with E-state index in [1.807, 2.05) is 0 Å². The van der Waals surface area contributed by atoms with Gasteiger partial charge >= 0.3 is 71.1 Å². The Morgan fingerprint density at radius 3 is 1.12 bits per heavy atom. The van der Waals surface area contributed by atoms with Crippen molar-refractivity contribution in [2.75, 3.05) is 0 Å². The number of aromatic carboxylic acids is 2. The maximum Gasteiger partial charge on any atom is 1.00 e. The van der Waals surface area contributed by atoms with Crippen LogP contribution in [0, 0.1) is 0 Å². The van der Waals surface area contributed by atoms with Crippen molar-refractivity contribution >= 4 is 23.3 Å². The number of hydrogen-bond donors (Lipinski definition) is 4. The molecule has 0 aliphatic carbocycles. The fourth-order valence-electron chi connectivity index (χ4n) is 1.31. The second kappa shape index (κ2) is 16.2. The van der Waals surface area contributed by atoms with E-state index in [-0.39, 0.29) is 81.7 Å². The Kier molecular flexibility index (Phi) is 18.6. The van der Waals surface area contributed by atoms with E-state index in [0.29, 0.717) is 0 Å². The molecule has 4 N–H and O–H groups in total. The quantitative estimate of drug-likeness (QED) is 0.283. The molecule has 130 valence electrons. The van der Waals surface area contributed by atoms with Crippen LogP contribution < -0.4 is 59.1 Å². The molecular formula is C14H12Na2O9S. The Bertz CT molecular complexity index is 666. The van der Waals surface area contributed by atoms with Crippen molar-refractivity contribution in [2.24, 2.45) is 0 Å². The molecule has 0 spiro atoms. The first kappa shape index (κ1) is 29.8. The molecule has 12 heteroatoms. The zero-order valence-corrected chi connectivity index (χ0v) is 18.7. The molecule has 0 aliphatic rings. The average molecular weight is 402 g/mol. The van der Waals surface area contributed by atoms with Gasteiger partial charge in [-0.3, -0.25) is 4.21 Å². The predicted octanol–water partition coefficient (Wildman–Crippen LogP) is -4.82. The summed E-state index contributed by atoms with van der Waals surface area (Å²) < 4.78 is 25.3. The zero-order valence-electron chi connectivity index (χ0n) is 13.9. The summed E-state index contributed by atoms with van der Waals surface area (Å²) in [4.78, 5) is 20.5. The van der Waals surface area contributed by atoms with E-state index in [1.54, 1.807) is 24.3 Å². The van der Waals surface area contributed by atoms with Gasteiger partial charge in [0.05, 0.1) is 0 Å². The Morgan fingerprint density at radius 1 is 0.731 bits per heavy atom. The number of rotatable bonds is 2. The predicted molar refractivity (Wildman–Crippen MR) is 79.8 cm³/mol. The summed E-state index contributed by atoms with van der Waals surface area (Å²) in [5.74, 6) is -2.62. The van der Waals surface area contributed by atoms with Gasteiger partial charge in [-0.25, -0.2) is 9.59 Å². The van der Waals surface area contributed by atoms with Crippen molar-refractivity contribution in [2.45, 2.75) is 0 Å². The summed E-state index contributed by atoms with van der Waals surface area (Å²) in [7, 11) is 0. The molecule has 0 saturated heterocycles. The average Bonchev–Trinajstić information content (AvgIpc) is 2.47. The van der Waals surface area contributed by atoms with E-state index < -0.39 is 23.3 Å². The first-order valence-electron chi connectivity index (χ1n) is 5.96. The summed E-state index contributed by atoms with van der Waals surface area (Å²) in [6.45, 7) is 0. The maximum atomic E-state index is 10.3. The number of benzene rings is 2. The van der Waals surface area contributed by atoms with Gasteiger partial charge < -0.3 is 29.5 Å². The van der Waals surface area contributed by atoms with E-state index in [0.717, 1.165) is 0 Å². The van der Waals surface area contributed by atoms with E-state index in [1.165, 1.54) is 24.3 Å². The second-order valence-electron chi connectivity index (χ2n) is 3.85. The molecule has 0 unspecified atom stereocenters. The van der Waals surface area contributed by atoms with Crippen LogP contribution in [0.25, 0.3) is 0 Å². The molecule has 0 radical (unpaired) electrons. The van der Waals surface area contributed by atoms with E-state index in [4.69, 9.17) is 33.7 Å². The van der Waals surface area contributed by atoms with Crippen molar-refractivity contribution in [3.05, 3.63) is 59.7 Å². The summed E-state index contributed by atoms with van der Waals surface area (Å²) in [5.41, 5.74) is -0.134. The van der Waals surface area contributed by atoms with Gasteiger partial charge in [-0.2, -0.15) is 0 Å². The van der Waals surface area contributed by atoms with Gasteiger partial charge in [-0.05, 0) is 24.3 Å². The molecule has 0 aliphatic heterocycles. The normalized spacial score (nSPS) is 8.42. The summed E-state index contributed by atoms with van der Waals surface area (Å²) >= 11 is -3.11.